The number of hydrogen-bond acceptors (Lipinski definition) is 7. The molecule has 1 N–H and O–H groups in total. The van der Waals surface area contributed by atoms with Gasteiger partial charge in [0.15, 0.2) is 6.10 Å². The summed E-state index contributed by atoms with van der Waals surface area (Å²) < 4.78 is 22.9. The first-order valence-electron chi connectivity index (χ1n) is 40.5. The van der Waals surface area contributed by atoms with Gasteiger partial charge in [-0.1, -0.05) is 333 Å². The minimum absolute atomic E-state index is 0.164. The molecule has 0 bridgehead atoms. The van der Waals surface area contributed by atoms with Gasteiger partial charge >= 0.3 is 17.9 Å². The van der Waals surface area contributed by atoms with E-state index in [-0.39, 0.29) is 38.6 Å². The maximum atomic E-state index is 13.0. The largest absolute Gasteiger partial charge is 0.477 e. The highest BCUT2D eigenvalue weighted by atomic mass is 16.7. The van der Waals surface area contributed by atoms with Gasteiger partial charge in [0.05, 0.1) is 34.4 Å². The van der Waals surface area contributed by atoms with E-state index < -0.39 is 24.3 Å². The Morgan fingerprint density at radius 2 is 0.514 bits per heavy atom. The van der Waals surface area contributed by atoms with Gasteiger partial charge in [-0.2, -0.15) is 0 Å². The van der Waals surface area contributed by atoms with Crippen molar-refractivity contribution in [2.45, 2.75) is 270 Å². The summed E-state index contributed by atoms with van der Waals surface area (Å²) in [5.41, 5.74) is 0. The molecule has 2 unspecified atom stereocenters. The third-order valence-electron chi connectivity index (χ3n) is 16.0. The van der Waals surface area contributed by atoms with Crippen LogP contribution in [0.5, 0.6) is 0 Å². The van der Waals surface area contributed by atoms with E-state index in [9.17, 15) is 19.5 Å². The van der Waals surface area contributed by atoms with Crippen LogP contribution in [0.3, 0.4) is 0 Å². The Morgan fingerprint density at radius 1 is 0.286 bits per heavy atom. The third kappa shape index (κ3) is 83.7. The smallest absolute Gasteiger partial charge is 0.361 e. The van der Waals surface area contributed by atoms with Crippen molar-refractivity contribution in [2.75, 3.05) is 47.5 Å². The van der Waals surface area contributed by atoms with Crippen molar-refractivity contribution in [3.05, 3.63) is 267 Å². The number of aliphatic carboxylic acids is 1. The Morgan fingerprint density at radius 3 is 0.781 bits per heavy atom. The van der Waals surface area contributed by atoms with Crippen molar-refractivity contribution in [1.82, 2.24) is 0 Å². The lowest BCUT2D eigenvalue weighted by Gasteiger charge is -2.25. The number of nitrogens with zero attached hydrogens (tertiary/aromatic N) is 1. The molecule has 0 saturated heterocycles. The van der Waals surface area contributed by atoms with Crippen LogP contribution in [0, 0.1) is 0 Å². The maximum Gasteiger partial charge on any atom is 0.361 e. The first-order valence-corrected chi connectivity index (χ1v) is 40.5. The van der Waals surface area contributed by atoms with Crippen LogP contribution in [0.25, 0.3) is 0 Å². The van der Waals surface area contributed by atoms with Crippen LogP contribution in [0.4, 0.5) is 0 Å². The second kappa shape index (κ2) is 82.2. The Labute approximate surface area is 642 Å². The van der Waals surface area contributed by atoms with Crippen molar-refractivity contribution in [3.63, 3.8) is 0 Å². The molecule has 0 fully saturated rings. The molecule has 9 nitrogen and oxygen atoms in total. The molecule has 0 radical (unpaired) electrons. The van der Waals surface area contributed by atoms with Crippen LogP contribution in [0.15, 0.2) is 267 Å². The number of allylic oxidation sites excluding steroid dienone is 44. The number of unbranched alkanes of at least 4 members (excludes halogenated alkanes) is 12. The van der Waals surface area contributed by atoms with Gasteiger partial charge in [0.25, 0.3) is 6.29 Å². The van der Waals surface area contributed by atoms with Crippen molar-refractivity contribution >= 4 is 17.9 Å². The van der Waals surface area contributed by atoms with E-state index in [0.29, 0.717) is 17.4 Å². The second-order valence-electron chi connectivity index (χ2n) is 26.9. The number of quaternary nitrogens is 1. The molecule has 0 rings (SSSR count). The molecule has 0 aromatic heterocycles. The zero-order chi connectivity index (χ0) is 76.0. The molecule has 0 aromatic carbocycles. The van der Waals surface area contributed by atoms with Gasteiger partial charge in [0.1, 0.15) is 13.2 Å². The number of likely N-dealkylation sites (N-methyl/N-ethyl adjacent to an activating group) is 1. The molecule has 0 aromatic rings. The fourth-order valence-corrected chi connectivity index (χ4v) is 9.90. The number of ether oxygens (including phenoxy) is 4. The van der Waals surface area contributed by atoms with E-state index in [2.05, 4.69) is 281 Å². The lowest BCUT2D eigenvalue weighted by Crippen LogP contribution is -2.40. The highest BCUT2D eigenvalue weighted by Crippen LogP contribution is 2.15. The number of carboxylic acid groups (broad SMARTS) is 1. The van der Waals surface area contributed by atoms with E-state index in [1.807, 2.05) is 21.1 Å². The number of rotatable bonds is 71. The van der Waals surface area contributed by atoms with Gasteiger partial charge in [0.2, 0.25) is 0 Å². The number of esters is 2. The quantitative estimate of drug-likeness (QED) is 0.0211. The van der Waals surface area contributed by atoms with Crippen molar-refractivity contribution < 1.29 is 42.9 Å². The molecule has 0 aliphatic rings. The van der Waals surface area contributed by atoms with Gasteiger partial charge in [-0.05, 0) is 180 Å². The molecule has 582 valence electrons. The SMILES string of the molecule is CC/C=C\C/C=C\C/C=C\C/C=C\C/C=C\C/C=C\C/C=C\C/C=C\C/C=C\C/C=C\C/C=C\C/C=C\CCCCC(=O)OC(COC(=O)CCCCCCCCCCCC/C=C\C/C=C\C/C=C\C/C=C\C/C=C\C/C=C\C/C=C\C/C=C\C/C=C\C/C=C\CC)COC(OCC[N+](C)(C)C)C(=O)O. The summed E-state index contributed by atoms with van der Waals surface area (Å²) >= 11 is 0. The van der Waals surface area contributed by atoms with E-state index >= 15 is 0 Å². The van der Waals surface area contributed by atoms with Gasteiger partial charge in [-0.15, -0.1) is 0 Å². The fraction of sp³-hybridized carbons (Fsp3) is 0.510. The summed E-state index contributed by atoms with van der Waals surface area (Å²) in [6, 6.07) is 0. The summed E-state index contributed by atoms with van der Waals surface area (Å²) in [4.78, 5) is 37.7. The van der Waals surface area contributed by atoms with E-state index in [1.54, 1.807) is 0 Å². The van der Waals surface area contributed by atoms with Crippen molar-refractivity contribution in [2.24, 2.45) is 0 Å². The van der Waals surface area contributed by atoms with E-state index in [4.69, 9.17) is 18.9 Å². The predicted octanol–water partition coefficient (Wildman–Crippen LogP) is 26.7. The second-order valence-corrected chi connectivity index (χ2v) is 26.9. The third-order valence-corrected chi connectivity index (χ3v) is 16.0. The number of carboxylic acids is 1. The van der Waals surface area contributed by atoms with Crippen molar-refractivity contribution in [1.29, 1.82) is 0 Å². The molecule has 0 amide bonds. The Kier molecular flexibility index (Phi) is 76.4. The molecule has 0 saturated carbocycles. The number of carbonyl (C=O) groups is 3. The summed E-state index contributed by atoms with van der Waals surface area (Å²) in [5.74, 6) is -2.10. The maximum absolute atomic E-state index is 13.0. The predicted molar refractivity (Wildman–Crippen MR) is 455 cm³/mol. The van der Waals surface area contributed by atoms with Gasteiger partial charge in [-0.25, -0.2) is 4.79 Å². The molecular weight excluding hydrogens is 1300 g/mol. The summed E-state index contributed by atoms with van der Waals surface area (Å²) in [5, 5.41) is 9.77. The molecule has 0 aliphatic carbocycles. The van der Waals surface area contributed by atoms with Gasteiger partial charge in [0, 0.05) is 12.8 Å². The summed E-state index contributed by atoms with van der Waals surface area (Å²) in [7, 11) is 5.94. The van der Waals surface area contributed by atoms with Gasteiger partial charge < -0.3 is 28.5 Å². The minimum atomic E-state index is -1.54. The molecule has 0 aliphatic heterocycles. The number of hydrogen-bond donors (Lipinski definition) is 1. The van der Waals surface area contributed by atoms with Crippen LogP contribution < -0.4 is 0 Å². The Hall–Kier alpha value is -7.43. The molecule has 2 atom stereocenters. The fourth-order valence-electron chi connectivity index (χ4n) is 9.90. The van der Waals surface area contributed by atoms with E-state index in [0.717, 1.165) is 186 Å². The van der Waals surface area contributed by atoms with Crippen LogP contribution in [-0.2, 0) is 33.3 Å². The minimum Gasteiger partial charge on any atom is -0.477 e. The topological polar surface area (TPSA) is 108 Å². The van der Waals surface area contributed by atoms with Crippen LogP contribution >= 0.6 is 0 Å². The van der Waals surface area contributed by atoms with Crippen molar-refractivity contribution in [3.8, 4) is 0 Å². The Balaban J connectivity index is 4.24. The van der Waals surface area contributed by atoms with Crippen LogP contribution in [-0.4, -0.2) is 87.4 Å². The highest BCUT2D eigenvalue weighted by molar-refractivity contribution is 5.71. The molecule has 9 heteroatoms. The van der Waals surface area contributed by atoms with Crippen LogP contribution in [0.2, 0.25) is 0 Å². The van der Waals surface area contributed by atoms with Crippen LogP contribution in [0.1, 0.15) is 258 Å². The molecule has 0 spiro atoms. The lowest BCUT2D eigenvalue weighted by atomic mass is 10.1. The molecule has 105 heavy (non-hydrogen) atoms. The first-order chi connectivity index (χ1) is 51.6. The number of carbonyl (C=O) groups excluding carboxylic acids is 2. The Bertz CT molecular complexity index is 2740. The standard InChI is InChI=1S/C96H145NO8/c1-6-8-10-12-14-16-18-20-22-24-26-28-30-32-34-36-38-40-42-44-46-47-49-50-52-54-56-58-60-62-64-66-68-70-72-74-76-78-80-82-84-86-93(98)103-90-92(91-104-96(95(100)101)102-89-88-97(3,4)5)105-94(99)87-85-83-81-79-77-75-73-71-69-67-65-63-61-59-57-55-53-51-48-45-43-41-39-37-35-33-31-29-27-25-23-21-19-17-15-13-11-9-7-2/h8-11,14-17,20-23,26-29,32-35,38-41,44-46,48-50,53-56,59-62,65,67,71,73,77,79,92,96H,6-7,12-13,18-19,24-25,30-31,36-37,42-43,47,51-52,57-58,63-64,66,68-70,72,74-76,78,80-91H2,1-5H3/p+1/b10-8-,11-9-,16-14-,17-15-,22-20-,23-21-,28-26-,29-27-,34-32-,35-33-,40-38-,41-39-,46-44-,48-45-,50-49-,55-53-,56-54-,61-59-,62-60-,67-65-,73-71-,79-77-. The highest BCUT2D eigenvalue weighted by Gasteiger charge is 2.25. The lowest BCUT2D eigenvalue weighted by molar-refractivity contribution is -0.870. The van der Waals surface area contributed by atoms with E-state index in [1.165, 1.54) is 38.5 Å². The monoisotopic (exact) mass is 1440 g/mol. The van der Waals surface area contributed by atoms with Gasteiger partial charge in [-0.3, -0.25) is 9.59 Å². The average Bonchev–Trinajstić information content (AvgIpc) is 1.97. The average molecular weight is 1440 g/mol. The molecule has 0 heterocycles. The zero-order valence-electron chi connectivity index (χ0n) is 66.5. The zero-order valence-corrected chi connectivity index (χ0v) is 66.5. The summed E-state index contributed by atoms with van der Waals surface area (Å²) in [6.45, 7) is 4.56. The summed E-state index contributed by atoms with van der Waals surface area (Å²) in [6.07, 6.45) is 132. The normalized spacial score (nSPS) is 14.1. The molecular formula is C96H146NO8+. The first kappa shape index (κ1) is 97.6.